The van der Waals surface area contributed by atoms with Crippen LogP contribution < -0.4 is 20.3 Å². The second-order valence-corrected chi connectivity index (χ2v) is 13.5. The van der Waals surface area contributed by atoms with E-state index in [4.69, 9.17) is 4.74 Å². The number of hydrogen-bond donors (Lipinski definition) is 3. The minimum Gasteiger partial charge on any atom is -0.497 e. The second-order valence-electron chi connectivity index (χ2n) is 11.7. The Balaban J connectivity index is 1.18. The zero-order valence-electron chi connectivity index (χ0n) is 27.4. The van der Waals surface area contributed by atoms with Crippen LogP contribution in [0.3, 0.4) is 0 Å². The Morgan fingerprint density at radius 3 is 2.58 bits per heavy atom. The van der Waals surface area contributed by atoms with Crippen LogP contribution >= 0.6 is 22.7 Å². The lowest BCUT2D eigenvalue weighted by Crippen LogP contribution is -2.41. The van der Waals surface area contributed by atoms with E-state index >= 15 is 0 Å². The van der Waals surface area contributed by atoms with Gasteiger partial charge < -0.3 is 20.3 Å². The number of fused-ring (bicyclic) bond motifs is 1. The average Bonchev–Trinajstić information content (AvgIpc) is 3.94. The van der Waals surface area contributed by atoms with Crippen molar-refractivity contribution in [3.05, 3.63) is 88.1 Å². The lowest BCUT2D eigenvalue weighted by molar-refractivity contribution is -0.144. The van der Waals surface area contributed by atoms with Gasteiger partial charge in [0, 0.05) is 12.1 Å². The van der Waals surface area contributed by atoms with Crippen LogP contribution in [0.4, 0.5) is 29.5 Å². The number of amides is 3. The number of H-pyrrole nitrogens is 1. The van der Waals surface area contributed by atoms with E-state index in [2.05, 4.69) is 35.9 Å². The van der Waals surface area contributed by atoms with Gasteiger partial charge >= 0.3 is 6.18 Å². The van der Waals surface area contributed by atoms with E-state index in [0.717, 1.165) is 27.1 Å². The number of alkyl halides is 3. The molecule has 7 rings (SSSR count). The van der Waals surface area contributed by atoms with Crippen molar-refractivity contribution in [1.29, 1.82) is 0 Å². The predicted molar refractivity (Wildman–Crippen MR) is 189 cm³/mol. The van der Waals surface area contributed by atoms with Crippen molar-refractivity contribution in [2.75, 3.05) is 29.2 Å². The molecule has 0 unspecified atom stereocenters. The molecular weight excluding hydrogens is 720 g/mol. The molecule has 0 bridgehead atoms. The molecule has 52 heavy (non-hydrogen) atoms. The molecule has 2 aromatic carbocycles. The maximum atomic E-state index is 14.1. The molecule has 3 N–H and O–H groups in total. The highest BCUT2D eigenvalue weighted by Crippen LogP contribution is 2.39. The van der Waals surface area contributed by atoms with Crippen LogP contribution in [0.2, 0.25) is 0 Å². The molecular formula is C34H28F3N9O4S2. The van der Waals surface area contributed by atoms with E-state index in [-0.39, 0.29) is 47.4 Å². The van der Waals surface area contributed by atoms with Gasteiger partial charge in [0.1, 0.15) is 23.6 Å². The highest BCUT2D eigenvalue weighted by atomic mass is 32.1. The first-order valence-corrected chi connectivity index (χ1v) is 17.5. The Bertz CT molecular complexity index is 2280. The zero-order chi connectivity index (χ0) is 36.6. The summed E-state index contributed by atoms with van der Waals surface area (Å²) in [6.45, 7) is 1.52. The van der Waals surface area contributed by atoms with Crippen LogP contribution in [0.1, 0.15) is 28.9 Å². The highest BCUT2D eigenvalue weighted by molar-refractivity contribution is 7.15. The Morgan fingerprint density at radius 1 is 1.04 bits per heavy atom. The standard InChI is InChI=1S/C34H28F3N9O4S2/c1-18-16-52-32(28(18)30-38-17-39-43-30)41-26(48)15-45-24-14-21(7-5-20(24)6-10-27(45)49)46-31(42-33(44-46)34(35,36)37)29-23(11-12-51-29)40-25(47)13-19-3-8-22(50-2)9-4-19/h3-5,7-9,11-12,14,16-17H,6,10,13,15H2,1-2H3,(H,40,47)(H,41,48)(H,38,39,43). The van der Waals surface area contributed by atoms with Gasteiger partial charge in [-0.25, -0.2) is 14.6 Å². The first-order valence-electron chi connectivity index (χ1n) is 15.7. The molecule has 0 spiro atoms. The molecule has 4 aromatic heterocycles. The Kier molecular flexibility index (Phi) is 9.33. The number of rotatable bonds is 10. The lowest BCUT2D eigenvalue weighted by atomic mass is 10.0. The first kappa shape index (κ1) is 34.6. The number of anilines is 3. The van der Waals surface area contributed by atoms with Crippen molar-refractivity contribution in [2.24, 2.45) is 0 Å². The molecule has 1 aliphatic heterocycles. The number of hydrogen-bond acceptors (Lipinski definition) is 10. The Hall–Kier alpha value is -5.88. The molecule has 0 atom stereocenters. The number of methoxy groups -OCH3 is 1. The fourth-order valence-electron chi connectivity index (χ4n) is 5.76. The number of ether oxygens (including phenoxy) is 1. The highest BCUT2D eigenvalue weighted by Gasteiger charge is 2.38. The number of benzene rings is 2. The van der Waals surface area contributed by atoms with E-state index in [1.54, 1.807) is 47.8 Å². The van der Waals surface area contributed by atoms with E-state index < -0.39 is 23.8 Å². The van der Waals surface area contributed by atoms with E-state index in [0.29, 0.717) is 39.8 Å². The van der Waals surface area contributed by atoms with Crippen LogP contribution in [0.25, 0.3) is 27.8 Å². The summed E-state index contributed by atoms with van der Waals surface area (Å²) in [5.74, 6) is -1.64. The summed E-state index contributed by atoms with van der Waals surface area (Å²) in [7, 11) is 1.53. The van der Waals surface area contributed by atoms with Gasteiger partial charge in [0.2, 0.25) is 17.7 Å². The summed E-state index contributed by atoms with van der Waals surface area (Å²) in [5.41, 5.74) is 3.76. The maximum absolute atomic E-state index is 14.1. The SMILES string of the molecule is COc1ccc(CC(=O)Nc2ccsc2-c2nc(C(F)(F)F)nn2-c2ccc3c(c2)N(CC(=O)Nc2scc(C)c2-c2ncn[nH]2)C(=O)CC3)cc1. The normalized spacial score (nSPS) is 12.9. The van der Waals surface area contributed by atoms with Gasteiger partial charge in [-0.3, -0.25) is 19.5 Å². The summed E-state index contributed by atoms with van der Waals surface area (Å²) in [4.78, 5) is 49.2. The summed E-state index contributed by atoms with van der Waals surface area (Å²) >= 11 is 2.38. The summed E-state index contributed by atoms with van der Waals surface area (Å²) in [5, 5.41) is 20.1. The number of aromatic nitrogens is 6. The van der Waals surface area contributed by atoms with Gasteiger partial charge in [0.25, 0.3) is 5.82 Å². The van der Waals surface area contributed by atoms with Crippen molar-refractivity contribution in [3.63, 3.8) is 0 Å². The third-order valence-electron chi connectivity index (χ3n) is 8.22. The van der Waals surface area contributed by atoms with Crippen LogP contribution in [0.15, 0.2) is 65.6 Å². The number of nitrogens with zero attached hydrogens (tertiary/aromatic N) is 6. The first-order chi connectivity index (χ1) is 25.0. The molecule has 266 valence electrons. The molecule has 0 fully saturated rings. The number of halogens is 3. The van der Waals surface area contributed by atoms with Gasteiger partial charge in [-0.05, 0) is 71.1 Å². The molecule has 3 amide bonds. The van der Waals surface area contributed by atoms with Crippen molar-refractivity contribution >= 4 is 56.8 Å². The average molecular weight is 748 g/mol. The number of carbonyl (C=O) groups excluding carboxylic acids is 3. The lowest BCUT2D eigenvalue weighted by Gasteiger charge is -2.29. The quantitative estimate of drug-likeness (QED) is 0.148. The van der Waals surface area contributed by atoms with Gasteiger partial charge in [-0.2, -0.15) is 18.3 Å². The summed E-state index contributed by atoms with van der Waals surface area (Å²) in [6, 6.07) is 13.3. The van der Waals surface area contributed by atoms with Gasteiger partial charge in [-0.15, -0.1) is 27.8 Å². The Labute approximate surface area is 301 Å². The fraction of sp³-hybridized carbons (Fsp3) is 0.206. The fourth-order valence-corrected chi connectivity index (χ4v) is 7.54. The van der Waals surface area contributed by atoms with Crippen LogP contribution in [0.5, 0.6) is 5.75 Å². The molecule has 1 aliphatic rings. The minimum absolute atomic E-state index is 0.00942. The van der Waals surface area contributed by atoms with Crippen LogP contribution in [0, 0.1) is 6.92 Å². The number of aryl methyl sites for hydroxylation is 2. The van der Waals surface area contributed by atoms with Crippen LogP contribution in [-0.2, 0) is 33.4 Å². The number of aromatic amines is 1. The third-order valence-corrected chi connectivity index (χ3v) is 10.1. The third kappa shape index (κ3) is 7.02. The summed E-state index contributed by atoms with van der Waals surface area (Å²) < 4.78 is 48.4. The smallest absolute Gasteiger partial charge is 0.453 e. The van der Waals surface area contributed by atoms with Gasteiger partial charge in [0.15, 0.2) is 11.6 Å². The molecule has 0 aliphatic carbocycles. The second kappa shape index (κ2) is 14.0. The predicted octanol–water partition coefficient (Wildman–Crippen LogP) is 6.28. The van der Waals surface area contributed by atoms with E-state index in [1.807, 2.05) is 12.3 Å². The Morgan fingerprint density at radius 2 is 1.85 bits per heavy atom. The maximum Gasteiger partial charge on any atom is 0.453 e. The van der Waals surface area contributed by atoms with Crippen molar-refractivity contribution in [3.8, 4) is 33.5 Å². The number of nitrogens with one attached hydrogen (secondary N) is 3. The molecule has 5 heterocycles. The molecule has 0 radical (unpaired) electrons. The largest absolute Gasteiger partial charge is 0.497 e. The van der Waals surface area contributed by atoms with Crippen LogP contribution in [-0.4, -0.2) is 61.3 Å². The molecule has 6 aromatic rings. The zero-order valence-corrected chi connectivity index (χ0v) is 29.1. The topological polar surface area (TPSA) is 160 Å². The van der Waals surface area contributed by atoms with E-state index in [9.17, 15) is 27.6 Å². The minimum atomic E-state index is -4.88. The number of thiophene rings is 2. The molecule has 13 nitrogen and oxygen atoms in total. The van der Waals surface area contributed by atoms with E-state index in [1.165, 1.54) is 35.7 Å². The monoisotopic (exact) mass is 747 g/mol. The van der Waals surface area contributed by atoms with Crippen molar-refractivity contribution < 1.29 is 32.3 Å². The van der Waals surface area contributed by atoms with Crippen molar-refractivity contribution in [1.82, 2.24) is 29.9 Å². The summed E-state index contributed by atoms with van der Waals surface area (Å²) in [6.07, 6.45) is -3.00. The number of carbonyl (C=O) groups is 3. The van der Waals surface area contributed by atoms with Gasteiger partial charge in [0.05, 0.1) is 35.3 Å². The molecule has 0 saturated carbocycles. The molecule has 0 saturated heterocycles. The molecule has 18 heteroatoms. The van der Waals surface area contributed by atoms with Gasteiger partial charge in [-0.1, -0.05) is 18.2 Å². The van der Waals surface area contributed by atoms with Crippen molar-refractivity contribution in [2.45, 2.75) is 32.4 Å².